The van der Waals surface area contributed by atoms with Gasteiger partial charge in [-0.1, -0.05) is 23.7 Å². The zero-order chi connectivity index (χ0) is 14.3. The van der Waals surface area contributed by atoms with Crippen molar-refractivity contribution in [1.29, 1.82) is 5.26 Å². The van der Waals surface area contributed by atoms with Gasteiger partial charge in [0.1, 0.15) is 13.1 Å². The van der Waals surface area contributed by atoms with Crippen LogP contribution in [0.25, 0.3) is 0 Å². The van der Waals surface area contributed by atoms with E-state index in [1.165, 1.54) is 7.11 Å². The highest BCUT2D eigenvalue weighted by atomic mass is 35.5. The highest BCUT2D eigenvalue weighted by Crippen LogP contribution is 2.12. The first kappa shape index (κ1) is 15.0. The summed E-state index contributed by atoms with van der Waals surface area (Å²) in [5.41, 5.74) is 0.727. The molecule has 1 aromatic rings. The molecule has 0 aromatic heterocycles. The molecule has 6 heteroatoms. The van der Waals surface area contributed by atoms with Crippen molar-refractivity contribution in [3.8, 4) is 6.07 Å². The van der Waals surface area contributed by atoms with E-state index in [1.54, 1.807) is 24.3 Å². The molecule has 1 rings (SSSR count). The van der Waals surface area contributed by atoms with E-state index in [9.17, 15) is 9.59 Å². The van der Waals surface area contributed by atoms with Crippen LogP contribution in [0.2, 0.25) is 5.02 Å². The van der Waals surface area contributed by atoms with Crippen LogP contribution in [0.15, 0.2) is 24.3 Å². The standard InChI is InChI=1S/C13H13ClN2O3/c1-19-13(18)9-16(6-5-15)12(17)8-10-3-2-4-11(14)7-10/h2-4,7H,6,8-9H2,1H3. The smallest absolute Gasteiger partial charge is 0.325 e. The second-order valence-corrected chi connectivity index (χ2v) is 4.23. The van der Waals surface area contributed by atoms with Gasteiger partial charge in [0.15, 0.2) is 0 Å². The van der Waals surface area contributed by atoms with Crippen molar-refractivity contribution in [3.63, 3.8) is 0 Å². The van der Waals surface area contributed by atoms with Crippen molar-refractivity contribution in [3.05, 3.63) is 34.9 Å². The first-order valence-electron chi connectivity index (χ1n) is 5.52. The van der Waals surface area contributed by atoms with Gasteiger partial charge in [0.2, 0.25) is 5.91 Å². The lowest BCUT2D eigenvalue weighted by Crippen LogP contribution is -2.37. The average molecular weight is 281 g/mol. The van der Waals surface area contributed by atoms with E-state index in [0.717, 1.165) is 10.5 Å². The molecule has 19 heavy (non-hydrogen) atoms. The summed E-state index contributed by atoms with van der Waals surface area (Å²) < 4.78 is 4.48. The number of esters is 1. The van der Waals surface area contributed by atoms with Crippen LogP contribution in [0.3, 0.4) is 0 Å². The van der Waals surface area contributed by atoms with E-state index < -0.39 is 5.97 Å². The van der Waals surface area contributed by atoms with Crippen LogP contribution >= 0.6 is 11.6 Å². The Morgan fingerprint density at radius 1 is 1.47 bits per heavy atom. The van der Waals surface area contributed by atoms with Crippen LogP contribution in [-0.2, 0) is 20.7 Å². The molecule has 0 aliphatic carbocycles. The van der Waals surface area contributed by atoms with Crippen LogP contribution in [0.1, 0.15) is 5.56 Å². The molecule has 5 nitrogen and oxygen atoms in total. The first-order chi connectivity index (χ1) is 9.06. The van der Waals surface area contributed by atoms with Crippen LogP contribution in [0.4, 0.5) is 0 Å². The van der Waals surface area contributed by atoms with Crippen molar-refractivity contribution in [2.75, 3.05) is 20.2 Å². The lowest BCUT2D eigenvalue weighted by Gasteiger charge is -2.18. The molecule has 0 unspecified atom stereocenters. The van der Waals surface area contributed by atoms with E-state index in [2.05, 4.69) is 4.74 Å². The molecule has 0 atom stereocenters. The Morgan fingerprint density at radius 2 is 2.21 bits per heavy atom. The third-order valence-corrected chi connectivity index (χ3v) is 2.64. The maximum absolute atomic E-state index is 12.0. The molecule has 0 radical (unpaired) electrons. The quantitative estimate of drug-likeness (QED) is 0.604. The zero-order valence-corrected chi connectivity index (χ0v) is 11.2. The molecular weight excluding hydrogens is 268 g/mol. The molecule has 0 aliphatic rings. The molecule has 1 amide bonds. The summed E-state index contributed by atoms with van der Waals surface area (Å²) >= 11 is 5.82. The number of hydrogen-bond acceptors (Lipinski definition) is 4. The summed E-state index contributed by atoms with van der Waals surface area (Å²) in [7, 11) is 1.23. The van der Waals surface area contributed by atoms with E-state index in [0.29, 0.717) is 5.02 Å². The maximum atomic E-state index is 12.0. The summed E-state index contributed by atoms with van der Waals surface area (Å²) in [6.07, 6.45) is 0.0826. The van der Waals surface area contributed by atoms with Gasteiger partial charge in [-0.15, -0.1) is 0 Å². The van der Waals surface area contributed by atoms with Gasteiger partial charge in [-0.25, -0.2) is 0 Å². The summed E-state index contributed by atoms with van der Waals surface area (Å²) in [5.74, 6) is -0.885. The predicted molar refractivity (Wildman–Crippen MR) is 69.4 cm³/mol. The summed E-state index contributed by atoms with van der Waals surface area (Å²) in [6.45, 7) is -0.391. The van der Waals surface area contributed by atoms with Gasteiger partial charge in [0.05, 0.1) is 19.6 Å². The summed E-state index contributed by atoms with van der Waals surface area (Å²) in [6, 6.07) is 8.71. The minimum Gasteiger partial charge on any atom is -0.468 e. The molecule has 0 saturated heterocycles. The Bertz CT molecular complexity index is 511. The topological polar surface area (TPSA) is 70.4 Å². The molecular formula is C13H13ClN2O3. The van der Waals surface area contributed by atoms with E-state index in [-0.39, 0.29) is 25.4 Å². The predicted octanol–water partition coefficient (Wildman–Crippen LogP) is 1.41. The number of carbonyl (C=O) groups is 2. The number of carbonyl (C=O) groups excluding carboxylic acids is 2. The lowest BCUT2D eigenvalue weighted by molar-refractivity contribution is -0.146. The molecule has 0 bridgehead atoms. The van der Waals surface area contributed by atoms with Gasteiger partial charge in [0, 0.05) is 5.02 Å². The van der Waals surface area contributed by atoms with Crippen LogP contribution in [0.5, 0.6) is 0 Å². The number of benzene rings is 1. The number of ether oxygens (including phenoxy) is 1. The van der Waals surface area contributed by atoms with Crippen molar-refractivity contribution in [2.24, 2.45) is 0 Å². The monoisotopic (exact) mass is 280 g/mol. The second-order valence-electron chi connectivity index (χ2n) is 3.79. The Morgan fingerprint density at radius 3 is 2.79 bits per heavy atom. The fourth-order valence-corrected chi connectivity index (χ4v) is 1.68. The fraction of sp³-hybridized carbons (Fsp3) is 0.308. The van der Waals surface area contributed by atoms with Crippen molar-refractivity contribution < 1.29 is 14.3 Å². The van der Waals surface area contributed by atoms with Gasteiger partial charge in [-0.05, 0) is 17.7 Å². The van der Waals surface area contributed by atoms with Crippen molar-refractivity contribution in [2.45, 2.75) is 6.42 Å². The fourth-order valence-electron chi connectivity index (χ4n) is 1.47. The number of hydrogen-bond donors (Lipinski definition) is 0. The molecule has 0 saturated carbocycles. The summed E-state index contributed by atoms with van der Waals surface area (Å²) in [4.78, 5) is 24.3. The highest BCUT2D eigenvalue weighted by Gasteiger charge is 2.17. The zero-order valence-electron chi connectivity index (χ0n) is 10.4. The Kier molecular flexibility index (Phi) is 5.83. The van der Waals surface area contributed by atoms with Crippen molar-refractivity contribution in [1.82, 2.24) is 4.90 Å². The number of nitrogens with zero attached hydrogens (tertiary/aromatic N) is 2. The van der Waals surface area contributed by atoms with Crippen LogP contribution < -0.4 is 0 Å². The second kappa shape index (κ2) is 7.39. The number of methoxy groups -OCH3 is 1. The van der Waals surface area contributed by atoms with Gasteiger partial charge < -0.3 is 9.64 Å². The molecule has 0 spiro atoms. The average Bonchev–Trinajstić information content (AvgIpc) is 2.38. The maximum Gasteiger partial charge on any atom is 0.325 e. The Hall–Kier alpha value is -2.06. The highest BCUT2D eigenvalue weighted by molar-refractivity contribution is 6.30. The largest absolute Gasteiger partial charge is 0.468 e. The third kappa shape index (κ3) is 4.98. The number of amides is 1. The Balaban J connectivity index is 2.72. The minimum atomic E-state index is -0.560. The Labute approximate surface area is 116 Å². The molecule has 100 valence electrons. The van der Waals surface area contributed by atoms with Gasteiger partial charge in [-0.3, -0.25) is 9.59 Å². The van der Waals surface area contributed by atoms with Crippen LogP contribution in [-0.4, -0.2) is 37.0 Å². The lowest BCUT2D eigenvalue weighted by atomic mass is 10.1. The third-order valence-electron chi connectivity index (χ3n) is 2.41. The number of nitriles is 1. The van der Waals surface area contributed by atoms with Crippen molar-refractivity contribution >= 4 is 23.5 Å². The van der Waals surface area contributed by atoms with Crippen LogP contribution in [0, 0.1) is 11.3 Å². The molecule has 0 heterocycles. The van der Waals surface area contributed by atoms with Gasteiger partial charge in [-0.2, -0.15) is 5.26 Å². The SMILES string of the molecule is COC(=O)CN(CC#N)C(=O)Cc1cccc(Cl)c1. The number of rotatable bonds is 5. The minimum absolute atomic E-state index is 0.0826. The van der Waals surface area contributed by atoms with E-state index >= 15 is 0 Å². The van der Waals surface area contributed by atoms with E-state index in [4.69, 9.17) is 16.9 Å². The molecule has 0 fully saturated rings. The molecule has 0 N–H and O–H groups in total. The normalized spacial score (nSPS) is 9.53. The molecule has 0 aliphatic heterocycles. The summed E-state index contributed by atoms with van der Waals surface area (Å²) in [5, 5.41) is 9.20. The number of halogens is 1. The first-order valence-corrected chi connectivity index (χ1v) is 5.90. The van der Waals surface area contributed by atoms with E-state index in [1.807, 2.05) is 6.07 Å². The molecule has 1 aromatic carbocycles. The van der Waals surface area contributed by atoms with Gasteiger partial charge in [0.25, 0.3) is 0 Å². The van der Waals surface area contributed by atoms with Gasteiger partial charge >= 0.3 is 5.97 Å².